The van der Waals surface area contributed by atoms with Crippen LogP contribution in [0.3, 0.4) is 0 Å². The Morgan fingerprint density at radius 1 is 0.731 bits per heavy atom. The lowest BCUT2D eigenvalue weighted by Gasteiger charge is -2.14. The minimum absolute atomic E-state index is 0.0755. The van der Waals surface area contributed by atoms with Gasteiger partial charge < -0.3 is 5.32 Å². The highest BCUT2D eigenvalue weighted by Crippen LogP contribution is 2.37. The quantitative estimate of drug-likeness (QED) is 0.357. The van der Waals surface area contributed by atoms with Crippen molar-refractivity contribution in [2.75, 3.05) is 5.32 Å². The summed E-state index contributed by atoms with van der Waals surface area (Å²) in [7, 11) is 0. The van der Waals surface area contributed by atoms with E-state index in [1.54, 1.807) is 12.1 Å². The zero-order valence-electron chi connectivity index (χ0n) is 13.9. The van der Waals surface area contributed by atoms with Gasteiger partial charge in [-0.25, -0.2) is 0 Å². The number of hydrogen-bond donors (Lipinski definition) is 1. The van der Waals surface area contributed by atoms with E-state index in [1.807, 2.05) is 72.8 Å². The van der Waals surface area contributed by atoms with Crippen LogP contribution < -0.4 is 5.32 Å². The predicted octanol–water partition coefficient (Wildman–Crippen LogP) is 6.16. The third kappa shape index (κ3) is 3.00. The molecule has 0 aliphatic heterocycles. The summed E-state index contributed by atoms with van der Waals surface area (Å²) in [6.07, 6.45) is 0. The Morgan fingerprint density at radius 3 is 2.27 bits per heavy atom. The number of nitro benzene ring substituents is 1. The molecule has 26 heavy (non-hydrogen) atoms. The Balaban J connectivity index is 1.92. The van der Waals surface area contributed by atoms with Crippen LogP contribution in [0.2, 0.25) is 0 Å². The first kappa shape index (κ1) is 15.8. The summed E-state index contributed by atoms with van der Waals surface area (Å²) < 4.78 is 0. The number of fused-ring (bicyclic) bond motifs is 1. The van der Waals surface area contributed by atoms with Gasteiger partial charge in [-0.15, -0.1) is 0 Å². The fourth-order valence-electron chi connectivity index (χ4n) is 3.11. The second-order valence-corrected chi connectivity index (χ2v) is 6.00. The molecular formula is C22H16N2O2. The van der Waals surface area contributed by atoms with Crippen molar-refractivity contribution in [3.63, 3.8) is 0 Å². The maximum atomic E-state index is 11.3. The highest BCUT2D eigenvalue weighted by atomic mass is 16.6. The number of benzene rings is 4. The molecule has 1 N–H and O–H groups in total. The summed E-state index contributed by atoms with van der Waals surface area (Å²) in [4.78, 5) is 10.9. The molecule has 0 radical (unpaired) electrons. The molecule has 0 aliphatic carbocycles. The van der Waals surface area contributed by atoms with Crippen LogP contribution in [-0.2, 0) is 0 Å². The van der Waals surface area contributed by atoms with Crippen molar-refractivity contribution in [1.82, 2.24) is 0 Å². The smallest absolute Gasteiger partial charge is 0.270 e. The zero-order chi connectivity index (χ0) is 17.9. The largest absolute Gasteiger partial charge is 0.355 e. The maximum Gasteiger partial charge on any atom is 0.270 e. The minimum Gasteiger partial charge on any atom is -0.355 e. The lowest BCUT2D eigenvalue weighted by Crippen LogP contribution is -1.96. The van der Waals surface area contributed by atoms with Crippen LogP contribution in [0.4, 0.5) is 17.1 Å². The number of hydrogen-bond acceptors (Lipinski definition) is 3. The summed E-state index contributed by atoms with van der Waals surface area (Å²) in [6.45, 7) is 0. The number of non-ortho nitro benzene ring substituents is 1. The van der Waals surface area contributed by atoms with Gasteiger partial charge in [0.15, 0.2) is 0 Å². The highest BCUT2D eigenvalue weighted by Gasteiger charge is 2.14. The Labute approximate surface area is 150 Å². The van der Waals surface area contributed by atoms with E-state index in [1.165, 1.54) is 6.07 Å². The first-order valence-corrected chi connectivity index (χ1v) is 8.31. The highest BCUT2D eigenvalue weighted by molar-refractivity contribution is 6.00. The summed E-state index contributed by atoms with van der Waals surface area (Å²) in [5.41, 5.74) is 3.61. The van der Waals surface area contributed by atoms with Crippen LogP contribution in [0, 0.1) is 10.1 Å². The first-order chi connectivity index (χ1) is 12.7. The molecule has 0 amide bonds. The molecule has 0 bridgehead atoms. The number of nitrogens with one attached hydrogen (secondary N) is 1. The normalized spacial score (nSPS) is 10.6. The SMILES string of the molecule is O=[N+]([O-])c1ccc(Nc2ccccc2)c(-c2cccc3ccccc23)c1. The Kier molecular flexibility index (Phi) is 4.07. The number of anilines is 2. The third-order valence-corrected chi connectivity index (χ3v) is 4.35. The van der Waals surface area contributed by atoms with Gasteiger partial charge in [-0.2, -0.15) is 0 Å². The Hall–Kier alpha value is -3.66. The van der Waals surface area contributed by atoms with E-state index in [2.05, 4.69) is 5.32 Å². The average Bonchev–Trinajstić information content (AvgIpc) is 2.68. The molecule has 126 valence electrons. The summed E-state index contributed by atoms with van der Waals surface area (Å²) in [6, 6.07) is 28.8. The second-order valence-electron chi connectivity index (χ2n) is 6.00. The molecule has 0 unspecified atom stereocenters. The van der Waals surface area contributed by atoms with Crippen LogP contribution >= 0.6 is 0 Å². The van der Waals surface area contributed by atoms with Gasteiger partial charge in [0.1, 0.15) is 0 Å². The molecule has 0 aliphatic rings. The van der Waals surface area contributed by atoms with Crippen molar-refractivity contribution in [2.24, 2.45) is 0 Å². The van der Waals surface area contributed by atoms with Crippen LogP contribution in [0.5, 0.6) is 0 Å². The van der Waals surface area contributed by atoms with E-state index in [-0.39, 0.29) is 10.6 Å². The van der Waals surface area contributed by atoms with Gasteiger partial charge in [0.25, 0.3) is 5.69 Å². The molecule has 4 rings (SSSR count). The van der Waals surface area contributed by atoms with Crippen molar-refractivity contribution in [1.29, 1.82) is 0 Å². The molecule has 4 nitrogen and oxygen atoms in total. The fraction of sp³-hybridized carbons (Fsp3) is 0. The third-order valence-electron chi connectivity index (χ3n) is 4.35. The van der Waals surface area contributed by atoms with Crippen molar-refractivity contribution in [2.45, 2.75) is 0 Å². The summed E-state index contributed by atoms with van der Waals surface area (Å²) >= 11 is 0. The van der Waals surface area contributed by atoms with Gasteiger partial charge >= 0.3 is 0 Å². The number of nitrogens with zero attached hydrogens (tertiary/aromatic N) is 1. The van der Waals surface area contributed by atoms with Gasteiger partial charge in [-0.05, 0) is 34.5 Å². The molecule has 0 heterocycles. The summed E-state index contributed by atoms with van der Waals surface area (Å²) in [5, 5.41) is 16.8. The minimum atomic E-state index is -0.360. The predicted molar refractivity (Wildman–Crippen MR) is 106 cm³/mol. The van der Waals surface area contributed by atoms with Gasteiger partial charge in [0.2, 0.25) is 0 Å². The molecule has 0 saturated carbocycles. The zero-order valence-corrected chi connectivity index (χ0v) is 13.9. The van der Waals surface area contributed by atoms with Crippen molar-refractivity contribution in [3.8, 4) is 11.1 Å². The average molecular weight is 340 g/mol. The topological polar surface area (TPSA) is 55.2 Å². The second kappa shape index (κ2) is 6.69. The van der Waals surface area contributed by atoms with E-state index in [0.29, 0.717) is 0 Å². The van der Waals surface area contributed by atoms with Gasteiger partial charge in [-0.1, -0.05) is 60.7 Å². The van der Waals surface area contributed by atoms with Gasteiger partial charge in [0.05, 0.1) is 4.92 Å². The van der Waals surface area contributed by atoms with E-state index in [9.17, 15) is 10.1 Å². The molecule has 4 aromatic rings. The fourth-order valence-corrected chi connectivity index (χ4v) is 3.11. The summed E-state index contributed by atoms with van der Waals surface area (Å²) in [5.74, 6) is 0. The molecule has 0 fully saturated rings. The van der Waals surface area contributed by atoms with Crippen molar-refractivity contribution in [3.05, 3.63) is 101 Å². The lowest BCUT2D eigenvalue weighted by molar-refractivity contribution is -0.384. The first-order valence-electron chi connectivity index (χ1n) is 8.31. The van der Waals surface area contributed by atoms with E-state index in [4.69, 9.17) is 0 Å². The molecule has 0 atom stereocenters. The molecule has 0 saturated heterocycles. The van der Waals surface area contributed by atoms with Crippen molar-refractivity contribution >= 4 is 27.8 Å². The van der Waals surface area contributed by atoms with E-state index >= 15 is 0 Å². The van der Waals surface area contributed by atoms with Gasteiger partial charge in [-0.3, -0.25) is 10.1 Å². The van der Waals surface area contributed by atoms with Crippen LogP contribution in [0.15, 0.2) is 91.0 Å². The lowest BCUT2D eigenvalue weighted by atomic mass is 9.96. The number of para-hydroxylation sites is 1. The molecular weight excluding hydrogens is 324 g/mol. The van der Waals surface area contributed by atoms with Crippen LogP contribution in [0.25, 0.3) is 21.9 Å². The molecule has 0 aromatic heterocycles. The van der Waals surface area contributed by atoms with Gasteiger partial charge in [0, 0.05) is 29.1 Å². The maximum absolute atomic E-state index is 11.3. The van der Waals surface area contributed by atoms with E-state index < -0.39 is 0 Å². The Morgan fingerprint density at radius 2 is 1.46 bits per heavy atom. The molecule has 0 spiro atoms. The molecule has 4 heteroatoms. The number of rotatable bonds is 4. The monoisotopic (exact) mass is 340 g/mol. The van der Waals surface area contributed by atoms with E-state index in [0.717, 1.165) is 33.3 Å². The standard InChI is InChI=1S/C22H16N2O2/c25-24(26)18-13-14-22(23-17-9-2-1-3-10-17)21(15-18)20-12-6-8-16-7-4-5-11-19(16)20/h1-15,23H. The van der Waals surface area contributed by atoms with Crippen molar-refractivity contribution < 1.29 is 4.92 Å². The van der Waals surface area contributed by atoms with Crippen LogP contribution in [0.1, 0.15) is 0 Å². The number of nitro groups is 1. The molecule has 4 aromatic carbocycles. The van der Waals surface area contributed by atoms with Crippen LogP contribution in [-0.4, -0.2) is 4.92 Å². The Bertz CT molecular complexity index is 1090.